The number of amides is 1. The summed E-state index contributed by atoms with van der Waals surface area (Å²) in [7, 11) is 0. The summed E-state index contributed by atoms with van der Waals surface area (Å²) < 4.78 is 5.42. The van der Waals surface area contributed by atoms with Crippen LogP contribution in [-0.4, -0.2) is 38.3 Å². The normalized spacial score (nSPS) is 44.8. The molecule has 0 aromatic carbocycles. The lowest BCUT2D eigenvalue weighted by Crippen LogP contribution is -2.52. The molecule has 21 heavy (non-hydrogen) atoms. The third kappa shape index (κ3) is 2.98. The van der Waals surface area contributed by atoms with Gasteiger partial charge in [0.2, 0.25) is 5.91 Å². The highest BCUT2D eigenvalue weighted by molar-refractivity contribution is 5.76. The zero-order chi connectivity index (χ0) is 14.3. The highest BCUT2D eigenvalue weighted by Gasteiger charge is 2.50. The fourth-order valence-electron chi connectivity index (χ4n) is 5.84. The van der Waals surface area contributed by atoms with Gasteiger partial charge in [-0.1, -0.05) is 0 Å². The SMILES string of the molecule is O=C(CC1COCCN1)NCC12CC3CC(CC(C3)C1)C2. The minimum absolute atomic E-state index is 0.203. The van der Waals surface area contributed by atoms with E-state index >= 15 is 0 Å². The van der Waals surface area contributed by atoms with E-state index in [4.69, 9.17) is 4.74 Å². The molecule has 0 aromatic rings. The van der Waals surface area contributed by atoms with Gasteiger partial charge in [0.1, 0.15) is 0 Å². The van der Waals surface area contributed by atoms with Gasteiger partial charge in [-0.05, 0) is 61.7 Å². The van der Waals surface area contributed by atoms with Crippen molar-refractivity contribution in [3.63, 3.8) is 0 Å². The third-order valence-corrected chi connectivity index (χ3v) is 6.26. The van der Waals surface area contributed by atoms with Gasteiger partial charge >= 0.3 is 0 Å². The summed E-state index contributed by atoms with van der Waals surface area (Å²) in [6.45, 7) is 3.23. The van der Waals surface area contributed by atoms with Crippen molar-refractivity contribution in [1.29, 1.82) is 0 Å². The molecule has 5 aliphatic rings. The molecular formula is C17H28N2O2. The molecule has 1 unspecified atom stereocenters. The minimum atomic E-state index is 0.203. The molecule has 5 fully saturated rings. The van der Waals surface area contributed by atoms with Crippen LogP contribution in [0.4, 0.5) is 0 Å². The molecule has 5 rings (SSSR count). The van der Waals surface area contributed by atoms with Crippen LogP contribution in [-0.2, 0) is 9.53 Å². The fourth-order valence-corrected chi connectivity index (χ4v) is 5.84. The van der Waals surface area contributed by atoms with Gasteiger partial charge in [-0.15, -0.1) is 0 Å². The van der Waals surface area contributed by atoms with E-state index in [-0.39, 0.29) is 11.9 Å². The highest BCUT2D eigenvalue weighted by atomic mass is 16.5. The van der Waals surface area contributed by atoms with E-state index in [0.29, 0.717) is 18.4 Å². The van der Waals surface area contributed by atoms with E-state index in [0.717, 1.165) is 37.5 Å². The maximum atomic E-state index is 12.2. The Kier molecular flexibility index (Phi) is 3.70. The molecule has 0 aromatic heterocycles. The zero-order valence-corrected chi connectivity index (χ0v) is 12.9. The predicted octanol–water partition coefficient (Wildman–Crippen LogP) is 1.70. The molecule has 2 N–H and O–H groups in total. The van der Waals surface area contributed by atoms with Crippen molar-refractivity contribution >= 4 is 5.91 Å². The van der Waals surface area contributed by atoms with E-state index in [2.05, 4.69) is 10.6 Å². The number of morpholine rings is 1. The lowest BCUT2D eigenvalue weighted by molar-refractivity contribution is -0.124. The first-order valence-electron chi connectivity index (χ1n) is 8.79. The first kappa shape index (κ1) is 14.0. The number of nitrogens with one attached hydrogen (secondary N) is 2. The predicted molar refractivity (Wildman–Crippen MR) is 80.8 cm³/mol. The molecule has 4 bridgehead atoms. The van der Waals surface area contributed by atoms with Crippen molar-refractivity contribution in [2.24, 2.45) is 23.2 Å². The lowest BCUT2D eigenvalue weighted by atomic mass is 9.49. The van der Waals surface area contributed by atoms with E-state index in [1.165, 1.54) is 38.5 Å². The van der Waals surface area contributed by atoms with Crippen LogP contribution < -0.4 is 10.6 Å². The number of hydrogen-bond acceptors (Lipinski definition) is 3. The fraction of sp³-hybridized carbons (Fsp3) is 0.941. The summed E-state index contributed by atoms with van der Waals surface area (Å²) in [6.07, 6.45) is 9.06. The number of ether oxygens (including phenoxy) is 1. The van der Waals surface area contributed by atoms with Gasteiger partial charge in [0.25, 0.3) is 0 Å². The first-order valence-corrected chi connectivity index (χ1v) is 8.79. The van der Waals surface area contributed by atoms with E-state index in [1.807, 2.05) is 0 Å². The lowest BCUT2D eigenvalue weighted by Gasteiger charge is -2.56. The second-order valence-electron chi connectivity index (χ2n) is 8.12. The highest BCUT2D eigenvalue weighted by Crippen LogP contribution is 2.59. The largest absolute Gasteiger partial charge is 0.378 e. The van der Waals surface area contributed by atoms with Gasteiger partial charge < -0.3 is 15.4 Å². The number of carbonyl (C=O) groups excluding carboxylic acids is 1. The van der Waals surface area contributed by atoms with Crippen molar-refractivity contribution < 1.29 is 9.53 Å². The average Bonchev–Trinajstić information content (AvgIpc) is 2.45. The van der Waals surface area contributed by atoms with Gasteiger partial charge in [0, 0.05) is 25.6 Å². The van der Waals surface area contributed by atoms with Crippen LogP contribution in [0.1, 0.15) is 44.9 Å². The van der Waals surface area contributed by atoms with Gasteiger partial charge in [0.05, 0.1) is 13.2 Å². The van der Waals surface area contributed by atoms with Crippen LogP contribution in [0.15, 0.2) is 0 Å². The van der Waals surface area contributed by atoms with Crippen LogP contribution in [0.2, 0.25) is 0 Å². The maximum Gasteiger partial charge on any atom is 0.221 e. The third-order valence-electron chi connectivity index (χ3n) is 6.26. The molecule has 4 heteroatoms. The standard InChI is InChI=1S/C17H28N2O2/c20-16(6-15-10-21-2-1-18-15)19-11-17-7-12-3-13(8-17)5-14(4-12)9-17/h12-15,18H,1-11H2,(H,19,20). The van der Waals surface area contributed by atoms with Crippen LogP contribution >= 0.6 is 0 Å². The van der Waals surface area contributed by atoms with E-state index < -0.39 is 0 Å². The van der Waals surface area contributed by atoms with Crippen molar-refractivity contribution in [3.8, 4) is 0 Å². The summed E-state index contributed by atoms with van der Waals surface area (Å²) in [5.41, 5.74) is 0.445. The molecule has 4 nitrogen and oxygen atoms in total. The molecule has 4 saturated carbocycles. The molecule has 1 heterocycles. The Morgan fingerprint density at radius 3 is 2.38 bits per heavy atom. The van der Waals surface area contributed by atoms with E-state index in [1.54, 1.807) is 0 Å². The van der Waals surface area contributed by atoms with Crippen LogP contribution in [0, 0.1) is 23.2 Å². The summed E-state index contributed by atoms with van der Waals surface area (Å²) in [5.74, 6) is 3.08. The Morgan fingerprint density at radius 1 is 1.14 bits per heavy atom. The Hall–Kier alpha value is -0.610. The Balaban J connectivity index is 1.29. The summed E-state index contributed by atoms with van der Waals surface area (Å²) in [6, 6.07) is 0.204. The summed E-state index contributed by atoms with van der Waals surface area (Å²) >= 11 is 0. The quantitative estimate of drug-likeness (QED) is 0.829. The average molecular weight is 292 g/mol. The Bertz CT molecular complexity index is 368. The number of hydrogen-bond donors (Lipinski definition) is 2. The van der Waals surface area contributed by atoms with Gasteiger partial charge in [0.15, 0.2) is 0 Å². The molecule has 1 atom stereocenters. The number of carbonyl (C=O) groups is 1. The van der Waals surface area contributed by atoms with E-state index in [9.17, 15) is 4.79 Å². The van der Waals surface area contributed by atoms with Crippen molar-refractivity contribution in [3.05, 3.63) is 0 Å². The molecule has 1 aliphatic heterocycles. The molecule has 118 valence electrons. The topological polar surface area (TPSA) is 50.4 Å². The minimum Gasteiger partial charge on any atom is -0.378 e. The monoisotopic (exact) mass is 292 g/mol. The molecule has 1 amide bonds. The van der Waals surface area contributed by atoms with Crippen LogP contribution in [0.3, 0.4) is 0 Å². The molecule has 4 aliphatic carbocycles. The second-order valence-corrected chi connectivity index (χ2v) is 8.12. The summed E-state index contributed by atoms with van der Waals surface area (Å²) in [5, 5.41) is 6.61. The van der Waals surface area contributed by atoms with Gasteiger partial charge in [-0.2, -0.15) is 0 Å². The first-order chi connectivity index (χ1) is 10.2. The molecular weight excluding hydrogens is 264 g/mol. The van der Waals surface area contributed by atoms with Gasteiger partial charge in [-0.3, -0.25) is 4.79 Å². The smallest absolute Gasteiger partial charge is 0.221 e. The van der Waals surface area contributed by atoms with Crippen LogP contribution in [0.5, 0.6) is 0 Å². The number of rotatable bonds is 4. The van der Waals surface area contributed by atoms with Crippen molar-refractivity contribution in [2.45, 2.75) is 51.0 Å². The maximum absolute atomic E-state index is 12.2. The Morgan fingerprint density at radius 2 is 1.81 bits per heavy atom. The van der Waals surface area contributed by atoms with Crippen molar-refractivity contribution in [2.75, 3.05) is 26.3 Å². The van der Waals surface area contributed by atoms with Gasteiger partial charge in [-0.25, -0.2) is 0 Å². The van der Waals surface area contributed by atoms with Crippen molar-refractivity contribution in [1.82, 2.24) is 10.6 Å². The molecule has 1 saturated heterocycles. The second kappa shape index (κ2) is 5.54. The summed E-state index contributed by atoms with van der Waals surface area (Å²) in [4.78, 5) is 12.2. The Labute approximate surface area is 127 Å². The molecule has 0 spiro atoms. The zero-order valence-electron chi connectivity index (χ0n) is 12.9. The molecule has 0 radical (unpaired) electrons. The van der Waals surface area contributed by atoms with Crippen LogP contribution in [0.25, 0.3) is 0 Å².